The van der Waals surface area contributed by atoms with Crippen LogP contribution in [0.1, 0.15) is 20.8 Å². The van der Waals surface area contributed by atoms with Crippen LogP contribution in [-0.2, 0) is 9.53 Å². The van der Waals surface area contributed by atoms with Crippen LogP contribution in [0.25, 0.3) is 0 Å². The zero-order valence-corrected chi connectivity index (χ0v) is 7.96. The lowest BCUT2D eigenvalue weighted by molar-refractivity contribution is -0.139. The van der Waals surface area contributed by atoms with E-state index in [-0.39, 0.29) is 11.9 Å². The summed E-state index contributed by atoms with van der Waals surface area (Å²) < 4.78 is 4.93. The lowest BCUT2D eigenvalue weighted by Crippen LogP contribution is -2.10. The smallest absolute Gasteiger partial charge is 0.333 e. The van der Waals surface area contributed by atoms with Gasteiger partial charge in [0.2, 0.25) is 0 Å². The first-order valence-corrected chi connectivity index (χ1v) is 4.03. The fourth-order valence-corrected chi connectivity index (χ4v) is 0.714. The molecule has 0 spiro atoms. The SMILES string of the molecule is C=C(C)C(=O)OCC(C)C=CC. The summed E-state index contributed by atoms with van der Waals surface area (Å²) in [5, 5.41) is 0. The molecule has 0 amide bonds. The predicted octanol–water partition coefficient (Wildman–Crippen LogP) is 2.32. The molecule has 68 valence electrons. The summed E-state index contributed by atoms with van der Waals surface area (Å²) in [5.74, 6) is -0.0374. The Morgan fingerprint density at radius 1 is 1.67 bits per heavy atom. The molecule has 0 aliphatic carbocycles. The first-order valence-electron chi connectivity index (χ1n) is 4.03. The van der Waals surface area contributed by atoms with Crippen molar-refractivity contribution < 1.29 is 9.53 Å². The van der Waals surface area contributed by atoms with Crippen molar-refractivity contribution in [2.24, 2.45) is 5.92 Å². The molecule has 2 heteroatoms. The highest BCUT2D eigenvalue weighted by atomic mass is 16.5. The summed E-state index contributed by atoms with van der Waals surface area (Å²) in [6.45, 7) is 9.49. The second-order valence-electron chi connectivity index (χ2n) is 2.88. The highest BCUT2D eigenvalue weighted by Gasteiger charge is 2.04. The number of esters is 1. The van der Waals surface area contributed by atoms with Gasteiger partial charge in [-0.25, -0.2) is 4.79 Å². The molecule has 0 aliphatic heterocycles. The van der Waals surface area contributed by atoms with Crippen molar-refractivity contribution in [2.45, 2.75) is 20.8 Å². The summed E-state index contributed by atoms with van der Waals surface area (Å²) in [6, 6.07) is 0. The predicted molar refractivity (Wildman–Crippen MR) is 49.8 cm³/mol. The molecule has 0 rings (SSSR count). The normalized spacial score (nSPS) is 12.9. The summed E-state index contributed by atoms with van der Waals surface area (Å²) >= 11 is 0. The van der Waals surface area contributed by atoms with Gasteiger partial charge in [0.15, 0.2) is 0 Å². The quantitative estimate of drug-likeness (QED) is 0.366. The van der Waals surface area contributed by atoms with Crippen molar-refractivity contribution >= 4 is 5.97 Å². The summed E-state index contributed by atoms with van der Waals surface area (Å²) in [7, 11) is 0. The number of rotatable bonds is 4. The van der Waals surface area contributed by atoms with Crippen molar-refractivity contribution in [3.8, 4) is 0 Å². The van der Waals surface area contributed by atoms with Gasteiger partial charge in [0.25, 0.3) is 0 Å². The Morgan fingerprint density at radius 3 is 2.67 bits per heavy atom. The average Bonchev–Trinajstić information content (AvgIpc) is 2.00. The van der Waals surface area contributed by atoms with Crippen LogP contribution in [0.3, 0.4) is 0 Å². The number of allylic oxidation sites excluding steroid dienone is 1. The molecule has 1 atom stereocenters. The highest BCUT2D eigenvalue weighted by molar-refractivity contribution is 5.86. The van der Waals surface area contributed by atoms with E-state index in [1.165, 1.54) is 0 Å². The average molecular weight is 168 g/mol. The highest BCUT2D eigenvalue weighted by Crippen LogP contribution is 2.00. The molecule has 0 aromatic heterocycles. The Labute approximate surface area is 73.9 Å². The second-order valence-corrected chi connectivity index (χ2v) is 2.88. The van der Waals surface area contributed by atoms with E-state index in [9.17, 15) is 4.79 Å². The van der Waals surface area contributed by atoms with E-state index < -0.39 is 0 Å². The fourth-order valence-electron chi connectivity index (χ4n) is 0.714. The van der Waals surface area contributed by atoms with Gasteiger partial charge in [0, 0.05) is 11.5 Å². The van der Waals surface area contributed by atoms with Crippen molar-refractivity contribution in [3.63, 3.8) is 0 Å². The van der Waals surface area contributed by atoms with E-state index >= 15 is 0 Å². The summed E-state index contributed by atoms with van der Waals surface area (Å²) in [4.78, 5) is 10.9. The zero-order valence-electron chi connectivity index (χ0n) is 7.96. The molecule has 0 bridgehead atoms. The standard InChI is InChI=1S/C10H16O2/c1-5-6-9(4)7-12-10(11)8(2)3/h5-6,9H,2,7H2,1,3-4H3. The molecule has 0 aromatic rings. The van der Waals surface area contributed by atoms with E-state index in [0.717, 1.165) is 0 Å². The number of carbonyl (C=O) groups is 1. The van der Waals surface area contributed by atoms with Crippen LogP contribution < -0.4 is 0 Å². The molecule has 0 aromatic carbocycles. The van der Waals surface area contributed by atoms with Gasteiger partial charge in [-0.1, -0.05) is 25.7 Å². The van der Waals surface area contributed by atoms with Crippen molar-refractivity contribution in [2.75, 3.05) is 6.61 Å². The zero-order chi connectivity index (χ0) is 9.56. The van der Waals surface area contributed by atoms with Gasteiger partial charge in [-0.05, 0) is 13.8 Å². The Bertz CT molecular complexity index is 192. The molecule has 0 fully saturated rings. The Balaban J connectivity index is 3.68. The van der Waals surface area contributed by atoms with Gasteiger partial charge in [-0.3, -0.25) is 0 Å². The maximum absolute atomic E-state index is 10.9. The first-order chi connectivity index (χ1) is 5.57. The van der Waals surface area contributed by atoms with Gasteiger partial charge in [-0.15, -0.1) is 0 Å². The third kappa shape index (κ3) is 4.72. The largest absolute Gasteiger partial charge is 0.462 e. The van der Waals surface area contributed by atoms with Crippen LogP contribution in [-0.4, -0.2) is 12.6 Å². The molecule has 0 saturated carbocycles. The van der Waals surface area contributed by atoms with Gasteiger partial charge >= 0.3 is 5.97 Å². The van der Waals surface area contributed by atoms with Gasteiger partial charge < -0.3 is 4.74 Å². The van der Waals surface area contributed by atoms with Crippen molar-refractivity contribution in [1.82, 2.24) is 0 Å². The minimum Gasteiger partial charge on any atom is -0.462 e. The minimum absolute atomic E-state index is 0.276. The number of carbonyl (C=O) groups excluding carboxylic acids is 1. The van der Waals surface area contributed by atoms with Crippen LogP contribution in [0.5, 0.6) is 0 Å². The van der Waals surface area contributed by atoms with E-state index in [2.05, 4.69) is 6.58 Å². The van der Waals surface area contributed by atoms with Crippen molar-refractivity contribution in [3.05, 3.63) is 24.3 Å². The molecular weight excluding hydrogens is 152 g/mol. The van der Waals surface area contributed by atoms with Crippen molar-refractivity contribution in [1.29, 1.82) is 0 Å². The molecule has 2 nitrogen and oxygen atoms in total. The maximum atomic E-state index is 10.9. The molecule has 1 unspecified atom stereocenters. The van der Waals surface area contributed by atoms with Gasteiger partial charge in [0.1, 0.15) is 0 Å². The fraction of sp³-hybridized carbons (Fsp3) is 0.500. The molecule has 0 saturated heterocycles. The lowest BCUT2D eigenvalue weighted by Gasteiger charge is -2.07. The third-order valence-corrected chi connectivity index (χ3v) is 1.35. The topological polar surface area (TPSA) is 26.3 Å². The van der Waals surface area contributed by atoms with Crippen LogP contribution in [0.2, 0.25) is 0 Å². The van der Waals surface area contributed by atoms with E-state index in [0.29, 0.717) is 12.2 Å². The second kappa shape index (κ2) is 5.58. The number of ether oxygens (including phenoxy) is 1. The number of hydrogen-bond acceptors (Lipinski definition) is 2. The molecular formula is C10H16O2. The lowest BCUT2D eigenvalue weighted by atomic mass is 10.2. The molecule has 0 N–H and O–H groups in total. The first kappa shape index (κ1) is 11.0. The Kier molecular flexibility index (Phi) is 5.09. The Morgan fingerprint density at radius 2 is 2.25 bits per heavy atom. The molecule has 0 radical (unpaired) electrons. The molecule has 12 heavy (non-hydrogen) atoms. The number of hydrogen-bond donors (Lipinski definition) is 0. The third-order valence-electron chi connectivity index (χ3n) is 1.35. The summed E-state index contributed by atoms with van der Waals surface area (Å²) in [5.41, 5.74) is 0.447. The minimum atomic E-state index is -0.314. The monoisotopic (exact) mass is 168 g/mol. The van der Waals surface area contributed by atoms with Gasteiger partial charge in [-0.2, -0.15) is 0 Å². The summed E-state index contributed by atoms with van der Waals surface area (Å²) in [6.07, 6.45) is 3.94. The molecule has 0 heterocycles. The van der Waals surface area contributed by atoms with E-state index in [1.54, 1.807) is 6.92 Å². The molecule has 0 aliphatic rings. The van der Waals surface area contributed by atoms with Crippen LogP contribution >= 0.6 is 0 Å². The Hall–Kier alpha value is -1.05. The maximum Gasteiger partial charge on any atom is 0.333 e. The van der Waals surface area contributed by atoms with E-state index in [4.69, 9.17) is 4.74 Å². The van der Waals surface area contributed by atoms with Crippen LogP contribution in [0.15, 0.2) is 24.3 Å². The van der Waals surface area contributed by atoms with Crippen LogP contribution in [0.4, 0.5) is 0 Å². The van der Waals surface area contributed by atoms with Crippen LogP contribution in [0, 0.1) is 5.92 Å². The van der Waals surface area contributed by atoms with Gasteiger partial charge in [0.05, 0.1) is 6.61 Å². The van der Waals surface area contributed by atoms with E-state index in [1.807, 2.05) is 26.0 Å².